The maximum Gasteiger partial charge on any atom is 0.222 e. The molecule has 1 aliphatic heterocycles. The number of carbonyl (C=O) groups is 1. The number of amides is 1. The van der Waals surface area contributed by atoms with Crippen LogP contribution < -0.4 is 0 Å². The lowest BCUT2D eigenvalue weighted by Gasteiger charge is -2.36. The van der Waals surface area contributed by atoms with Gasteiger partial charge in [-0.25, -0.2) is 0 Å². The van der Waals surface area contributed by atoms with Crippen LogP contribution in [0.3, 0.4) is 0 Å². The summed E-state index contributed by atoms with van der Waals surface area (Å²) in [5.74, 6) is 0.877. The van der Waals surface area contributed by atoms with Gasteiger partial charge < -0.3 is 4.90 Å². The van der Waals surface area contributed by atoms with E-state index in [0.29, 0.717) is 11.8 Å². The lowest BCUT2D eigenvalue weighted by molar-refractivity contribution is -0.135. The van der Waals surface area contributed by atoms with Gasteiger partial charge in [-0.1, -0.05) is 20.8 Å². The third-order valence-electron chi connectivity index (χ3n) is 2.88. The van der Waals surface area contributed by atoms with Gasteiger partial charge in [-0.2, -0.15) is 0 Å². The molecule has 0 aromatic rings. The van der Waals surface area contributed by atoms with Crippen molar-refractivity contribution in [3.05, 3.63) is 0 Å². The van der Waals surface area contributed by atoms with E-state index in [0.717, 1.165) is 19.4 Å². The molecular formula is C10H19NO. The van der Waals surface area contributed by atoms with Crippen molar-refractivity contribution in [1.82, 2.24) is 4.90 Å². The zero-order chi connectivity index (χ0) is 9.35. The van der Waals surface area contributed by atoms with Crippen molar-refractivity contribution in [3.8, 4) is 0 Å². The summed E-state index contributed by atoms with van der Waals surface area (Å²) in [5, 5.41) is 0. The number of rotatable bonds is 0. The first-order valence-electron chi connectivity index (χ1n) is 4.65. The van der Waals surface area contributed by atoms with Crippen LogP contribution in [0.5, 0.6) is 0 Å². The Hall–Kier alpha value is -0.530. The molecule has 0 aromatic heterocycles. The van der Waals surface area contributed by atoms with E-state index in [2.05, 4.69) is 20.8 Å². The minimum atomic E-state index is 0.289. The molecule has 1 atom stereocenters. The summed E-state index contributed by atoms with van der Waals surface area (Å²) in [6, 6.07) is 0. The Balaban J connectivity index is 2.57. The molecule has 1 amide bonds. The Bertz CT molecular complexity index is 181. The predicted molar refractivity (Wildman–Crippen MR) is 49.8 cm³/mol. The van der Waals surface area contributed by atoms with Crippen LogP contribution >= 0.6 is 0 Å². The Morgan fingerprint density at radius 2 is 2.00 bits per heavy atom. The van der Waals surface area contributed by atoms with E-state index in [1.807, 2.05) is 11.9 Å². The zero-order valence-electron chi connectivity index (χ0n) is 8.55. The third-order valence-corrected chi connectivity index (χ3v) is 2.88. The van der Waals surface area contributed by atoms with Crippen LogP contribution in [0.25, 0.3) is 0 Å². The summed E-state index contributed by atoms with van der Waals surface area (Å²) in [7, 11) is 1.89. The quantitative estimate of drug-likeness (QED) is 0.542. The van der Waals surface area contributed by atoms with E-state index in [-0.39, 0.29) is 5.41 Å². The van der Waals surface area contributed by atoms with Crippen LogP contribution in [0, 0.1) is 11.3 Å². The molecular weight excluding hydrogens is 150 g/mol. The standard InChI is InChI=1S/C10H19NO/c1-10(2,3)8-5-6-11(4)9(12)7-8/h8H,5-7H2,1-4H3/t8-/m0/s1. The molecule has 0 aromatic carbocycles. The molecule has 0 N–H and O–H groups in total. The van der Waals surface area contributed by atoms with Crippen molar-refractivity contribution in [2.24, 2.45) is 11.3 Å². The molecule has 0 saturated carbocycles. The molecule has 2 nitrogen and oxygen atoms in total. The van der Waals surface area contributed by atoms with Crippen molar-refractivity contribution in [1.29, 1.82) is 0 Å². The summed E-state index contributed by atoms with van der Waals surface area (Å²) in [5.41, 5.74) is 0.289. The lowest BCUT2D eigenvalue weighted by Crippen LogP contribution is -2.39. The fraction of sp³-hybridized carbons (Fsp3) is 0.900. The van der Waals surface area contributed by atoms with Crippen LogP contribution in [0.1, 0.15) is 33.6 Å². The van der Waals surface area contributed by atoms with Crippen molar-refractivity contribution in [2.45, 2.75) is 33.6 Å². The fourth-order valence-corrected chi connectivity index (χ4v) is 1.68. The SMILES string of the molecule is CN1CC[C@H](C(C)(C)C)CC1=O. The Morgan fingerprint density at radius 3 is 2.42 bits per heavy atom. The summed E-state index contributed by atoms with van der Waals surface area (Å²) in [6.45, 7) is 7.59. The van der Waals surface area contributed by atoms with Crippen molar-refractivity contribution < 1.29 is 4.79 Å². The second-order valence-corrected chi connectivity index (χ2v) is 4.87. The van der Waals surface area contributed by atoms with Gasteiger partial charge in [0.25, 0.3) is 0 Å². The Labute approximate surface area is 74.9 Å². The second-order valence-electron chi connectivity index (χ2n) is 4.87. The van der Waals surface area contributed by atoms with E-state index in [1.165, 1.54) is 0 Å². The largest absolute Gasteiger partial charge is 0.346 e. The molecule has 1 heterocycles. The van der Waals surface area contributed by atoms with Gasteiger partial charge in [-0.15, -0.1) is 0 Å². The van der Waals surface area contributed by atoms with E-state index >= 15 is 0 Å². The monoisotopic (exact) mass is 169 g/mol. The zero-order valence-corrected chi connectivity index (χ0v) is 8.55. The molecule has 0 radical (unpaired) electrons. The molecule has 70 valence electrons. The lowest BCUT2D eigenvalue weighted by atomic mass is 9.75. The summed E-state index contributed by atoms with van der Waals surface area (Å²) >= 11 is 0. The molecule has 0 aliphatic carbocycles. The molecule has 1 rings (SSSR count). The highest BCUT2D eigenvalue weighted by Crippen LogP contribution is 2.34. The number of likely N-dealkylation sites (tertiary alicyclic amines) is 1. The van der Waals surface area contributed by atoms with Gasteiger partial charge in [-0.05, 0) is 17.8 Å². The Kier molecular flexibility index (Phi) is 2.45. The van der Waals surface area contributed by atoms with E-state index in [4.69, 9.17) is 0 Å². The van der Waals surface area contributed by atoms with Crippen molar-refractivity contribution in [3.63, 3.8) is 0 Å². The van der Waals surface area contributed by atoms with Crippen molar-refractivity contribution >= 4 is 5.91 Å². The number of nitrogens with zero attached hydrogens (tertiary/aromatic N) is 1. The summed E-state index contributed by atoms with van der Waals surface area (Å²) in [4.78, 5) is 13.2. The highest BCUT2D eigenvalue weighted by atomic mass is 16.2. The number of carbonyl (C=O) groups excluding carboxylic acids is 1. The van der Waals surface area contributed by atoms with Gasteiger partial charge in [0, 0.05) is 20.0 Å². The van der Waals surface area contributed by atoms with Gasteiger partial charge in [0.1, 0.15) is 0 Å². The van der Waals surface area contributed by atoms with Crippen molar-refractivity contribution in [2.75, 3.05) is 13.6 Å². The van der Waals surface area contributed by atoms with Crippen LogP contribution in [-0.2, 0) is 4.79 Å². The summed E-state index contributed by atoms with van der Waals surface area (Å²) < 4.78 is 0. The molecule has 1 saturated heterocycles. The average Bonchev–Trinajstić information content (AvgIpc) is 1.92. The van der Waals surface area contributed by atoms with E-state index in [1.54, 1.807) is 0 Å². The maximum absolute atomic E-state index is 11.4. The van der Waals surface area contributed by atoms with E-state index in [9.17, 15) is 4.79 Å². The summed E-state index contributed by atoms with van der Waals surface area (Å²) in [6.07, 6.45) is 1.89. The highest BCUT2D eigenvalue weighted by molar-refractivity contribution is 5.76. The maximum atomic E-state index is 11.4. The topological polar surface area (TPSA) is 20.3 Å². The smallest absolute Gasteiger partial charge is 0.222 e. The van der Waals surface area contributed by atoms with Crippen LogP contribution in [-0.4, -0.2) is 24.4 Å². The van der Waals surface area contributed by atoms with Crippen LogP contribution in [0.2, 0.25) is 0 Å². The molecule has 12 heavy (non-hydrogen) atoms. The molecule has 0 unspecified atom stereocenters. The molecule has 1 fully saturated rings. The molecule has 1 aliphatic rings. The van der Waals surface area contributed by atoms with Gasteiger partial charge in [0.2, 0.25) is 5.91 Å². The normalized spacial score (nSPS) is 26.2. The first-order chi connectivity index (χ1) is 5.41. The number of piperidine rings is 1. The van der Waals surface area contributed by atoms with Gasteiger partial charge in [0.15, 0.2) is 0 Å². The minimum Gasteiger partial charge on any atom is -0.346 e. The van der Waals surface area contributed by atoms with E-state index < -0.39 is 0 Å². The highest BCUT2D eigenvalue weighted by Gasteiger charge is 2.31. The predicted octanol–water partition coefficient (Wildman–Crippen LogP) is 1.90. The van der Waals surface area contributed by atoms with Gasteiger partial charge >= 0.3 is 0 Å². The van der Waals surface area contributed by atoms with Crippen LogP contribution in [0.15, 0.2) is 0 Å². The van der Waals surface area contributed by atoms with Crippen LogP contribution in [0.4, 0.5) is 0 Å². The van der Waals surface area contributed by atoms with Gasteiger partial charge in [0.05, 0.1) is 0 Å². The minimum absolute atomic E-state index is 0.289. The average molecular weight is 169 g/mol. The first-order valence-corrected chi connectivity index (χ1v) is 4.65. The number of hydrogen-bond donors (Lipinski definition) is 0. The molecule has 0 bridgehead atoms. The van der Waals surface area contributed by atoms with Gasteiger partial charge in [-0.3, -0.25) is 4.79 Å². The fourth-order valence-electron chi connectivity index (χ4n) is 1.68. The first kappa shape index (κ1) is 9.56. The molecule has 0 spiro atoms. The molecule has 2 heteroatoms. The number of hydrogen-bond acceptors (Lipinski definition) is 1. The Morgan fingerprint density at radius 1 is 1.42 bits per heavy atom. The third kappa shape index (κ3) is 1.99. The second kappa shape index (κ2) is 3.08.